The fraction of sp³-hybridized carbons (Fsp3) is 0.100. The Balaban J connectivity index is 2.33. The fourth-order valence-corrected chi connectivity index (χ4v) is 1.74. The Bertz CT molecular complexity index is 422. The van der Waals surface area contributed by atoms with Crippen molar-refractivity contribution in [3.63, 3.8) is 0 Å². The van der Waals surface area contributed by atoms with Crippen molar-refractivity contribution in [1.82, 2.24) is 4.98 Å². The van der Waals surface area contributed by atoms with Gasteiger partial charge in [0.15, 0.2) is 0 Å². The van der Waals surface area contributed by atoms with Gasteiger partial charge >= 0.3 is 0 Å². The maximum absolute atomic E-state index is 12.6. The molecule has 0 aliphatic carbocycles. The van der Waals surface area contributed by atoms with E-state index in [4.69, 9.17) is 5.73 Å². The highest BCUT2D eigenvalue weighted by Gasteiger charge is 2.03. The molecule has 0 fully saturated rings. The number of hydrogen-bond acceptors (Lipinski definition) is 3. The van der Waals surface area contributed by atoms with Crippen LogP contribution >= 0.6 is 11.3 Å². The lowest BCUT2D eigenvalue weighted by atomic mass is 10.1. The molecule has 0 amide bonds. The predicted octanol–water partition coefficient (Wildman–Crippen LogP) is 2.21. The third-order valence-corrected chi connectivity index (χ3v) is 2.66. The van der Waals surface area contributed by atoms with Gasteiger partial charge in [0.25, 0.3) is 0 Å². The minimum atomic E-state index is -0.386. The van der Waals surface area contributed by atoms with E-state index < -0.39 is 0 Å². The molecule has 2 nitrogen and oxygen atoms in total. The predicted molar refractivity (Wildman–Crippen MR) is 54.2 cm³/mol. The number of hydrogen-bond donors (Lipinski definition) is 1. The molecule has 0 aliphatic rings. The summed E-state index contributed by atoms with van der Waals surface area (Å²) in [7, 11) is 0. The first kappa shape index (κ1) is 9.30. The molecule has 2 rings (SSSR count). The SMILES string of the molecule is NCc1ccc(-c2n[c]c(F)s2)cc1. The van der Waals surface area contributed by atoms with E-state index in [9.17, 15) is 4.39 Å². The van der Waals surface area contributed by atoms with Gasteiger partial charge in [-0.05, 0) is 5.56 Å². The largest absolute Gasteiger partial charge is 0.326 e. The summed E-state index contributed by atoms with van der Waals surface area (Å²) < 4.78 is 12.6. The van der Waals surface area contributed by atoms with E-state index in [0.717, 1.165) is 22.5 Å². The average molecular weight is 207 g/mol. The lowest BCUT2D eigenvalue weighted by Gasteiger charge is -1.98. The summed E-state index contributed by atoms with van der Waals surface area (Å²) in [6, 6.07) is 7.59. The molecule has 2 aromatic rings. The van der Waals surface area contributed by atoms with E-state index in [1.54, 1.807) is 0 Å². The summed E-state index contributed by atoms with van der Waals surface area (Å²) in [4.78, 5) is 3.83. The van der Waals surface area contributed by atoms with Crippen LogP contribution in [0.5, 0.6) is 0 Å². The molecule has 71 valence electrons. The van der Waals surface area contributed by atoms with Gasteiger partial charge < -0.3 is 5.73 Å². The third kappa shape index (κ3) is 1.81. The highest BCUT2D eigenvalue weighted by atomic mass is 32.1. The summed E-state index contributed by atoms with van der Waals surface area (Å²) in [5, 5.41) is 0.258. The first-order valence-electron chi connectivity index (χ1n) is 4.13. The van der Waals surface area contributed by atoms with Gasteiger partial charge in [0, 0.05) is 12.1 Å². The number of halogens is 1. The number of benzene rings is 1. The molecule has 1 aromatic heterocycles. The van der Waals surface area contributed by atoms with E-state index in [1.807, 2.05) is 24.3 Å². The van der Waals surface area contributed by atoms with E-state index >= 15 is 0 Å². The molecule has 0 atom stereocenters. The number of thiazole rings is 1. The molecular weight excluding hydrogens is 199 g/mol. The van der Waals surface area contributed by atoms with Crippen LogP contribution in [-0.2, 0) is 6.54 Å². The Morgan fingerprint density at radius 1 is 1.36 bits per heavy atom. The molecule has 2 N–H and O–H groups in total. The third-order valence-electron chi connectivity index (χ3n) is 1.87. The zero-order valence-electron chi connectivity index (χ0n) is 7.33. The second kappa shape index (κ2) is 3.86. The fourth-order valence-electron chi connectivity index (χ4n) is 1.13. The maximum atomic E-state index is 12.6. The van der Waals surface area contributed by atoms with Gasteiger partial charge in [-0.2, -0.15) is 4.39 Å². The van der Waals surface area contributed by atoms with E-state index in [0.29, 0.717) is 11.6 Å². The molecule has 0 bridgehead atoms. The standard InChI is InChI=1S/C10H8FN2S/c11-9-6-13-10(14-9)8-3-1-7(5-12)2-4-8/h1-4H,5,12H2. The van der Waals surface area contributed by atoms with Gasteiger partial charge in [0.2, 0.25) is 5.13 Å². The van der Waals surface area contributed by atoms with Crippen molar-refractivity contribution in [2.45, 2.75) is 6.54 Å². The van der Waals surface area contributed by atoms with Gasteiger partial charge in [-0.3, -0.25) is 0 Å². The Hall–Kier alpha value is -1.26. The van der Waals surface area contributed by atoms with Gasteiger partial charge in [-0.25, -0.2) is 4.98 Å². The van der Waals surface area contributed by atoms with Crippen LogP contribution in [0.15, 0.2) is 24.3 Å². The molecule has 0 aliphatic heterocycles. The lowest BCUT2D eigenvalue weighted by Crippen LogP contribution is -1.94. The van der Waals surface area contributed by atoms with E-state index in [1.165, 1.54) is 0 Å². The lowest BCUT2D eigenvalue weighted by molar-refractivity contribution is 0.651. The van der Waals surface area contributed by atoms with Crippen molar-refractivity contribution >= 4 is 11.3 Å². The van der Waals surface area contributed by atoms with Crippen LogP contribution in [0.1, 0.15) is 5.56 Å². The van der Waals surface area contributed by atoms with Crippen molar-refractivity contribution in [2.24, 2.45) is 5.73 Å². The Kier molecular flexibility index (Phi) is 2.56. The minimum Gasteiger partial charge on any atom is -0.326 e. The maximum Gasteiger partial charge on any atom is 0.206 e. The summed E-state index contributed by atoms with van der Waals surface area (Å²) >= 11 is 0.990. The average Bonchev–Trinajstić information content (AvgIpc) is 2.65. The van der Waals surface area contributed by atoms with Crippen molar-refractivity contribution in [3.05, 3.63) is 41.2 Å². The monoisotopic (exact) mass is 207 g/mol. The second-order valence-corrected chi connectivity index (χ2v) is 3.75. The Labute approximate surface area is 85.2 Å². The van der Waals surface area contributed by atoms with Crippen molar-refractivity contribution in [1.29, 1.82) is 0 Å². The number of aromatic nitrogens is 1. The number of nitrogens with two attached hydrogens (primary N) is 1. The second-order valence-electron chi connectivity index (χ2n) is 2.81. The topological polar surface area (TPSA) is 38.9 Å². The molecule has 0 saturated carbocycles. The van der Waals surface area contributed by atoms with Gasteiger partial charge in [0.1, 0.15) is 11.2 Å². The first-order valence-corrected chi connectivity index (χ1v) is 4.94. The van der Waals surface area contributed by atoms with Crippen LogP contribution in [0.25, 0.3) is 10.6 Å². The molecule has 1 heterocycles. The van der Waals surface area contributed by atoms with Gasteiger partial charge in [-0.15, -0.1) is 0 Å². The molecule has 1 radical (unpaired) electrons. The van der Waals surface area contributed by atoms with Crippen LogP contribution in [0.4, 0.5) is 4.39 Å². The molecular formula is C10H8FN2S. The molecule has 4 heteroatoms. The smallest absolute Gasteiger partial charge is 0.206 e. The van der Waals surface area contributed by atoms with Crippen molar-refractivity contribution in [2.75, 3.05) is 0 Å². The molecule has 0 spiro atoms. The molecule has 14 heavy (non-hydrogen) atoms. The van der Waals surface area contributed by atoms with Gasteiger partial charge in [0.05, 0.1) is 0 Å². The number of rotatable bonds is 2. The van der Waals surface area contributed by atoms with Crippen LogP contribution < -0.4 is 5.73 Å². The zero-order chi connectivity index (χ0) is 9.97. The Morgan fingerprint density at radius 3 is 2.57 bits per heavy atom. The summed E-state index contributed by atoms with van der Waals surface area (Å²) in [6.45, 7) is 0.513. The Morgan fingerprint density at radius 2 is 2.07 bits per heavy atom. The summed E-state index contributed by atoms with van der Waals surface area (Å²) in [6.07, 6.45) is 2.27. The van der Waals surface area contributed by atoms with Gasteiger partial charge in [-0.1, -0.05) is 35.6 Å². The van der Waals surface area contributed by atoms with Crippen LogP contribution in [0.3, 0.4) is 0 Å². The van der Waals surface area contributed by atoms with Crippen molar-refractivity contribution < 1.29 is 4.39 Å². The van der Waals surface area contributed by atoms with Crippen LogP contribution in [-0.4, -0.2) is 4.98 Å². The summed E-state index contributed by atoms with van der Waals surface area (Å²) in [5.74, 6) is 0. The van der Waals surface area contributed by atoms with E-state index in [-0.39, 0.29) is 5.13 Å². The van der Waals surface area contributed by atoms with Crippen LogP contribution in [0, 0.1) is 11.3 Å². The molecule has 1 aromatic carbocycles. The highest BCUT2D eigenvalue weighted by Crippen LogP contribution is 2.23. The van der Waals surface area contributed by atoms with Crippen LogP contribution in [0.2, 0.25) is 0 Å². The molecule has 0 unspecified atom stereocenters. The summed E-state index contributed by atoms with van der Waals surface area (Å²) in [5.41, 5.74) is 7.41. The highest BCUT2D eigenvalue weighted by molar-refractivity contribution is 7.13. The minimum absolute atomic E-state index is 0.386. The zero-order valence-corrected chi connectivity index (χ0v) is 8.14. The first-order chi connectivity index (χ1) is 6.79. The van der Waals surface area contributed by atoms with E-state index in [2.05, 4.69) is 11.2 Å². The molecule has 0 saturated heterocycles. The quantitative estimate of drug-likeness (QED) is 0.820. The van der Waals surface area contributed by atoms with Crippen molar-refractivity contribution in [3.8, 4) is 10.6 Å². The number of nitrogens with zero attached hydrogens (tertiary/aromatic N) is 1. The normalized spacial score (nSPS) is 10.4.